The van der Waals surface area contributed by atoms with Gasteiger partial charge in [-0.3, -0.25) is 4.79 Å². The summed E-state index contributed by atoms with van der Waals surface area (Å²) in [4.78, 5) is 14.2. The van der Waals surface area contributed by atoms with Gasteiger partial charge in [-0.25, -0.2) is 0 Å². The lowest BCUT2D eigenvalue weighted by Crippen LogP contribution is -2.38. The summed E-state index contributed by atoms with van der Waals surface area (Å²) in [5.74, 6) is 0.209. The molecule has 1 aromatic carbocycles. The minimum atomic E-state index is 0.209. The zero-order valence-corrected chi connectivity index (χ0v) is 10.9. The van der Waals surface area contributed by atoms with Gasteiger partial charge in [0, 0.05) is 18.7 Å². The van der Waals surface area contributed by atoms with Crippen molar-refractivity contribution in [1.29, 1.82) is 0 Å². The van der Waals surface area contributed by atoms with E-state index in [1.165, 1.54) is 18.4 Å². The fourth-order valence-corrected chi connectivity index (χ4v) is 2.46. The molecule has 0 atom stereocenters. The van der Waals surface area contributed by atoms with E-state index >= 15 is 0 Å². The zero-order chi connectivity index (χ0) is 12.8. The normalized spacial score (nSPS) is 14.4. The second-order valence-electron chi connectivity index (χ2n) is 4.84. The molecule has 0 saturated heterocycles. The van der Waals surface area contributed by atoms with E-state index in [4.69, 9.17) is 0 Å². The number of rotatable bonds is 6. The summed E-state index contributed by atoms with van der Waals surface area (Å²) in [5, 5.41) is 0. The van der Waals surface area contributed by atoms with Crippen LogP contribution in [0.25, 0.3) is 0 Å². The molecule has 0 radical (unpaired) electrons. The van der Waals surface area contributed by atoms with Gasteiger partial charge >= 0.3 is 0 Å². The van der Waals surface area contributed by atoms with E-state index in [1.54, 1.807) is 0 Å². The van der Waals surface area contributed by atoms with Crippen molar-refractivity contribution >= 4 is 5.91 Å². The molecule has 0 bridgehead atoms. The Morgan fingerprint density at radius 3 is 2.89 bits per heavy atom. The lowest BCUT2D eigenvalue weighted by atomic mass is 9.99. The van der Waals surface area contributed by atoms with Crippen LogP contribution in [0.2, 0.25) is 0 Å². The first kappa shape index (κ1) is 12.9. The molecule has 1 aliphatic rings. The zero-order valence-electron chi connectivity index (χ0n) is 10.9. The highest BCUT2D eigenvalue weighted by molar-refractivity contribution is 5.96. The van der Waals surface area contributed by atoms with E-state index in [0.717, 1.165) is 37.9 Å². The predicted molar refractivity (Wildman–Crippen MR) is 74.7 cm³/mol. The van der Waals surface area contributed by atoms with Crippen molar-refractivity contribution in [3.05, 3.63) is 48.0 Å². The first-order chi connectivity index (χ1) is 8.83. The van der Waals surface area contributed by atoms with Crippen molar-refractivity contribution in [2.45, 2.75) is 32.1 Å². The second kappa shape index (κ2) is 6.39. The molecule has 1 aliphatic heterocycles. The number of hydrogen-bond acceptors (Lipinski definition) is 1. The number of carbonyl (C=O) groups is 1. The van der Waals surface area contributed by atoms with E-state index in [-0.39, 0.29) is 5.91 Å². The number of hydrogen-bond donors (Lipinski definition) is 0. The number of benzene rings is 1. The van der Waals surface area contributed by atoms with Crippen LogP contribution in [0.4, 0.5) is 0 Å². The standard InChI is InChI=1S/C16H21NO/c1-2-3-4-5-8-12-17-13-11-14-9-6-7-10-15(14)16(17)18/h2,6-7,9-10H,1,3-5,8,11-13H2. The van der Waals surface area contributed by atoms with Gasteiger partial charge in [-0.15, -0.1) is 6.58 Å². The fraction of sp³-hybridized carbons (Fsp3) is 0.438. The first-order valence-corrected chi connectivity index (χ1v) is 6.81. The van der Waals surface area contributed by atoms with E-state index in [0.29, 0.717) is 0 Å². The lowest BCUT2D eigenvalue weighted by molar-refractivity contribution is 0.0736. The number of allylic oxidation sites excluding steroid dienone is 1. The molecule has 0 N–H and O–H groups in total. The summed E-state index contributed by atoms with van der Waals surface area (Å²) in [6.07, 6.45) is 7.49. The third-order valence-corrected chi connectivity index (χ3v) is 3.52. The largest absolute Gasteiger partial charge is 0.338 e. The maximum atomic E-state index is 12.2. The molecule has 0 fully saturated rings. The van der Waals surface area contributed by atoms with Crippen LogP contribution in [-0.2, 0) is 6.42 Å². The highest BCUT2D eigenvalue weighted by Crippen LogP contribution is 2.19. The fourth-order valence-electron chi connectivity index (χ4n) is 2.46. The minimum absolute atomic E-state index is 0.209. The summed E-state index contributed by atoms with van der Waals surface area (Å²) in [7, 11) is 0. The number of amides is 1. The van der Waals surface area contributed by atoms with Crippen molar-refractivity contribution in [3.63, 3.8) is 0 Å². The van der Waals surface area contributed by atoms with Crippen LogP contribution in [0, 0.1) is 0 Å². The molecule has 2 nitrogen and oxygen atoms in total. The summed E-state index contributed by atoms with van der Waals surface area (Å²) in [6.45, 7) is 5.49. The van der Waals surface area contributed by atoms with Crippen LogP contribution in [0.1, 0.15) is 41.6 Å². The number of nitrogens with zero attached hydrogens (tertiary/aromatic N) is 1. The third-order valence-electron chi connectivity index (χ3n) is 3.52. The van der Waals surface area contributed by atoms with Crippen LogP contribution in [-0.4, -0.2) is 23.9 Å². The Bertz CT molecular complexity index is 425. The van der Waals surface area contributed by atoms with Crippen molar-refractivity contribution in [2.24, 2.45) is 0 Å². The Balaban J connectivity index is 1.86. The SMILES string of the molecule is C=CCCCCCN1CCc2ccccc2C1=O. The van der Waals surface area contributed by atoms with Gasteiger partial charge < -0.3 is 4.90 Å². The number of unbranched alkanes of at least 4 members (excludes halogenated alkanes) is 3. The van der Waals surface area contributed by atoms with Crippen LogP contribution in [0.3, 0.4) is 0 Å². The van der Waals surface area contributed by atoms with E-state index in [9.17, 15) is 4.79 Å². The van der Waals surface area contributed by atoms with Gasteiger partial charge in [0.15, 0.2) is 0 Å². The molecule has 0 aromatic heterocycles. The van der Waals surface area contributed by atoms with Crippen molar-refractivity contribution in [3.8, 4) is 0 Å². The third kappa shape index (κ3) is 3.00. The average Bonchev–Trinajstić information content (AvgIpc) is 2.41. The quantitative estimate of drug-likeness (QED) is 0.553. The molecule has 18 heavy (non-hydrogen) atoms. The molecule has 0 spiro atoms. The molecular formula is C16H21NO. The number of fused-ring (bicyclic) bond motifs is 1. The van der Waals surface area contributed by atoms with Gasteiger partial charge in [-0.2, -0.15) is 0 Å². The summed E-state index contributed by atoms with van der Waals surface area (Å²) in [6, 6.07) is 7.97. The van der Waals surface area contributed by atoms with Gasteiger partial charge in [0.05, 0.1) is 0 Å². The topological polar surface area (TPSA) is 20.3 Å². The predicted octanol–water partition coefficient (Wildman–Crippen LogP) is 3.43. The highest BCUT2D eigenvalue weighted by Gasteiger charge is 2.22. The Morgan fingerprint density at radius 2 is 2.06 bits per heavy atom. The van der Waals surface area contributed by atoms with Gasteiger partial charge in [-0.1, -0.05) is 30.7 Å². The minimum Gasteiger partial charge on any atom is -0.338 e. The van der Waals surface area contributed by atoms with Gasteiger partial charge in [-0.05, 0) is 37.3 Å². The smallest absolute Gasteiger partial charge is 0.254 e. The maximum absolute atomic E-state index is 12.2. The van der Waals surface area contributed by atoms with Gasteiger partial charge in [0.2, 0.25) is 0 Å². The van der Waals surface area contributed by atoms with E-state index in [2.05, 4.69) is 12.6 Å². The van der Waals surface area contributed by atoms with E-state index < -0.39 is 0 Å². The Hall–Kier alpha value is -1.57. The second-order valence-corrected chi connectivity index (χ2v) is 4.84. The van der Waals surface area contributed by atoms with Crippen LogP contribution in [0.5, 0.6) is 0 Å². The van der Waals surface area contributed by atoms with Crippen LogP contribution >= 0.6 is 0 Å². The summed E-state index contributed by atoms with van der Waals surface area (Å²) >= 11 is 0. The molecule has 0 saturated carbocycles. The van der Waals surface area contributed by atoms with Gasteiger partial charge in [0.25, 0.3) is 5.91 Å². The highest BCUT2D eigenvalue weighted by atomic mass is 16.2. The molecule has 0 unspecified atom stereocenters. The van der Waals surface area contributed by atoms with Crippen molar-refractivity contribution < 1.29 is 4.79 Å². The Kier molecular flexibility index (Phi) is 4.57. The maximum Gasteiger partial charge on any atom is 0.254 e. The Labute approximate surface area is 109 Å². The van der Waals surface area contributed by atoms with E-state index in [1.807, 2.05) is 29.2 Å². The lowest BCUT2D eigenvalue weighted by Gasteiger charge is -2.28. The molecule has 1 heterocycles. The molecule has 2 rings (SSSR count). The number of carbonyl (C=O) groups excluding carboxylic acids is 1. The molecule has 1 aromatic rings. The monoisotopic (exact) mass is 243 g/mol. The molecule has 96 valence electrons. The molecule has 1 amide bonds. The molecule has 0 aliphatic carbocycles. The molecule has 2 heteroatoms. The summed E-state index contributed by atoms with van der Waals surface area (Å²) in [5.41, 5.74) is 2.10. The van der Waals surface area contributed by atoms with Gasteiger partial charge in [0.1, 0.15) is 0 Å². The first-order valence-electron chi connectivity index (χ1n) is 6.81. The average molecular weight is 243 g/mol. The van der Waals surface area contributed by atoms with Crippen LogP contribution in [0.15, 0.2) is 36.9 Å². The molecular weight excluding hydrogens is 222 g/mol. The summed E-state index contributed by atoms with van der Waals surface area (Å²) < 4.78 is 0. The van der Waals surface area contributed by atoms with Crippen LogP contribution < -0.4 is 0 Å². The Morgan fingerprint density at radius 1 is 1.22 bits per heavy atom. The van der Waals surface area contributed by atoms with Crippen molar-refractivity contribution in [2.75, 3.05) is 13.1 Å². The van der Waals surface area contributed by atoms with Crippen molar-refractivity contribution in [1.82, 2.24) is 4.90 Å².